The minimum atomic E-state index is -2.87. The van der Waals surface area contributed by atoms with Crippen molar-refractivity contribution >= 4 is 11.9 Å². The molecule has 0 aliphatic carbocycles. The van der Waals surface area contributed by atoms with Crippen LogP contribution in [0.5, 0.6) is 5.75 Å². The quantitative estimate of drug-likeness (QED) is 0.729. The Morgan fingerprint density at radius 1 is 1.11 bits per heavy atom. The van der Waals surface area contributed by atoms with Crippen LogP contribution in [0, 0.1) is 6.92 Å². The summed E-state index contributed by atoms with van der Waals surface area (Å²) in [5, 5.41) is 2.79. The van der Waals surface area contributed by atoms with E-state index in [2.05, 4.69) is 10.1 Å². The van der Waals surface area contributed by atoms with E-state index in [-0.39, 0.29) is 18.2 Å². The highest BCUT2D eigenvalue weighted by Gasteiger charge is 2.47. The van der Waals surface area contributed by atoms with Gasteiger partial charge in [-0.15, -0.1) is 0 Å². The third-order valence-corrected chi connectivity index (χ3v) is 5.00. The van der Waals surface area contributed by atoms with Crippen LogP contribution in [0.15, 0.2) is 48.5 Å². The summed E-state index contributed by atoms with van der Waals surface area (Å²) in [5.74, 6) is -0.182. The molecule has 0 bridgehead atoms. The summed E-state index contributed by atoms with van der Waals surface area (Å²) in [6.07, 6.45) is 0.909. The van der Waals surface area contributed by atoms with Crippen molar-refractivity contribution in [2.45, 2.75) is 45.4 Å². The average molecular weight is 388 g/mol. The van der Waals surface area contributed by atoms with Gasteiger partial charge in [0.15, 0.2) is 0 Å². The summed E-state index contributed by atoms with van der Waals surface area (Å²) < 4.78 is 28.8. The molecule has 1 atom stereocenters. The molecule has 1 saturated heterocycles. The SMILES string of the molecule is Cc1ccccc1CN1C(=O)NC(C)(CCc2ccc(OC(F)F)cc2)C1=O. The van der Waals surface area contributed by atoms with Crippen molar-refractivity contribution in [1.29, 1.82) is 0 Å². The fraction of sp³-hybridized carbons (Fsp3) is 0.333. The number of urea groups is 1. The number of hydrogen-bond acceptors (Lipinski definition) is 3. The number of nitrogens with one attached hydrogen (secondary N) is 1. The molecule has 3 rings (SSSR count). The molecule has 1 N–H and O–H groups in total. The summed E-state index contributed by atoms with van der Waals surface area (Å²) in [7, 11) is 0. The number of ether oxygens (including phenoxy) is 1. The Kier molecular flexibility index (Phi) is 5.63. The largest absolute Gasteiger partial charge is 0.435 e. The van der Waals surface area contributed by atoms with Crippen LogP contribution < -0.4 is 10.1 Å². The average Bonchev–Trinajstić information content (AvgIpc) is 2.86. The standard InChI is InChI=1S/C21H22F2N2O3/c1-14-5-3-4-6-16(14)13-25-18(26)21(2,24-20(25)27)12-11-15-7-9-17(10-8-15)28-19(22)23/h3-10,19H,11-13H2,1-2H3,(H,24,27). The van der Waals surface area contributed by atoms with E-state index in [0.29, 0.717) is 12.8 Å². The van der Waals surface area contributed by atoms with Crippen molar-refractivity contribution in [2.75, 3.05) is 0 Å². The van der Waals surface area contributed by atoms with E-state index in [1.165, 1.54) is 17.0 Å². The molecule has 1 unspecified atom stereocenters. The molecule has 1 heterocycles. The lowest BCUT2D eigenvalue weighted by atomic mass is 9.93. The van der Waals surface area contributed by atoms with Crippen LogP contribution in [0.25, 0.3) is 0 Å². The van der Waals surface area contributed by atoms with Gasteiger partial charge >= 0.3 is 12.6 Å². The Balaban J connectivity index is 1.65. The number of carbonyl (C=O) groups excluding carboxylic acids is 2. The van der Waals surface area contributed by atoms with Crippen molar-refractivity contribution in [3.63, 3.8) is 0 Å². The highest BCUT2D eigenvalue weighted by molar-refractivity contribution is 6.06. The molecule has 1 aliphatic rings. The van der Waals surface area contributed by atoms with E-state index in [4.69, 9.17) is 0 Å². The highest BCUT2D eigenvalue weighted by atomic mass is 19.3. The first-order valence-corrected chi connectivity index (χ1v) is 9.01. The third-order valence-electron chi connectivity index (χ3n) is 5.00. The van der Waals surface area contributed by atoms with Crippen molar-refractivity contribution in [3.05, 3.63) is 65.2 Å². The van der Waals surface area contributed by atoms with Crippen LogP contribution in [-0.4, -0.2) is 29.0 Å². The van der Waals surface area contributed by atoms with Gasteiger partial charge in [-0.25, -0.2) is 4.79 Å². The van der Waals surface area contributed by atoms with Gasteiger partial charge in [-0.1, -0.05) is 36.4 Å². The minimum absolute atomic E-state index is 0.0830. The van der Waals surface area contributed by atoms with Crippen LogP contribution in [0.2, 0.25) is 0 Å². The second-order valence-corrected chi connectivity index (χ2v) is 7.10. The summed E-state index contributed by atoms with van der Waals surface area (Å²) >= 11 is 0. The Morgan fingerprint density at radius 3 is 2.43 bits per heavy atom. The van der Waals surface area contributed by atoms with Gasteiger partial charge in [0.25, 0.3) is 5.91 Å². The number of imide groups is 1. The number of nitrogens with zero attached hydrogens (tertiary/aromatic N) is 1. The molecule has 28 heavy (non-hydrogen) atoms. The molecule has 2 aromatic carbocycles. The van der Waals surface area contributed by atoms with Gasteiger partial charge in [0.1, 0.15) is 11.3 Å². The van der Waals surface area contributed by atoms with Crippen LogP contribution in [0.1, 0.15) is 30.0 Å². The molecule has 0 spiro atoms. The van der Waals surface area contributed by atoms with E-state index < -0.39 is 18.2 Å². The topological polar surface area (TPSA) is 58.6 Å². The van der Waals surface area contributed by atoms with Crippen molar-refractivity contribution in [2.24, 2.45) is 0 Å². The van der Waals surface area contributed by atoms with Gasteiger partial charge in [0.05, 0.1) is 6.54 Å². The molecule has 0 radical (unpaired) electrons. The first kappa shape index (κ1) is 19.8. The van der Waals surface area contributed by atoms with E-state index in [9.17, 15) is 18.4 Å². The molecule has 3 amide bonds. The number of aryl methyl sites for hydroxylation is 2. The number of halogens is 2. The number of carbonyl (C=O) groups is 2. The number of amides is 3. The maximum atomic E-state index is 12.9. The number of benzene rings is 2. The molecule has 0 aromatic heterocycles. The predicted molar refractivity (Wildman–Crippen MR) is 100 cm³/mol. The molecular weight excluding hydrogens is 366 g/mol. The maximum absolute atomic E-state index is 12.9. The second kappa shape index (κ2) is 7.96. The Labute approximate surface area is 162 Å². The lowest BCUT2D eigenvalue weighted by molar-refractivity contribution is -0.131. The zero-order valence-corrected chi connectivity index (χ0v) is 15.7. The van der Waals surface area contributed by atoms with Crippen LogP contribution in [0.4, 0.5) is 13.6 Å². The predicted octanol–water partition coefficient (Wildman–Crippen LogP) is 4.04. The molecule has 148 valence electrons. The van der Waals surface area contributed by atoms with Crippen LogP contribution in [0.3, 0.4) is 0 Å². The lowest BCUT2D eigenvalue weighted by Crippen LogP contribution is -2.44. The van der Waals surface area contributed by atoms with Crippen LogP contribution in [-0.2, 0) is 17.8 Å². The smallest absolute Gasteiger partial charge is 0.387 e. The van der Waals surface area contributed by atoms with Gasteiger partial charge in [-0.2, -0.15) is 8.78 Å². The summed E-state index contributed by atoms with van der Waals surface area (Å²) in [6, 6.07) is 13.5. The molecule has 7 heteroatoms. The Hall–Kier alpha value is -2.96. The van der Waals surface area contributed by atoms with E-state index in [0.717, 1.165) is 16.7 Å². The molecule has 1 fully saturated rings. The van der Waals surface area contributed by atoms with Gasteiger partial charge in [0.2, 0.25) is 0 Å². The molecule has 5 nitrogen and oxygen atoms in total. The number of rotatable bonds is 7. The molecule has 2 aromatic rings. The maximum Gasteiger partial charge on any atom is 0.387 e. The highest BCUT2D eigenvalue weighted by Crippen LogP contribution is 2.26. The van der Waals surface area contributed by atoms with Gasteiger partial charge in [-0.05, 0) is 55.5 Å². The van der Waals surface area contributed by atoms with Gasteiger partial charge < -0.3 is 10.1 Å². The van der Waals surface area contributed by atoms with E-state index in [1.54, 1.807) is 19.1 Å². The molecule has 0 saturated carbocycles. The van der Waals surface area contributed by atoms with Crippen molar-refractivity contribution in [1.82, 2.24) is 10.2 Å². The fourth-order valence-corrected chi connectivity index (χ4v) is 3.25. The summed E-state index contributed by atoms with van der Waals surface area (Å²) in [5.41, 5.74) is 1.80. The summed E-state index contributed by atoms with van der Waals surface area (Å²) in [6.45, 7) is 1.01. The zero-order valence-electron chi connectivity index (χ0n) is 15.7. The van der Waals surface area contributed by atoms with Gasteiger partial charge in [0, 0.05) is 0 Å². The normalized spacial score (nSPS) is 19.2. The van der Waals surface area contributed by atoms with Gasteiger partial charge in [-0.3, -0.25) is 9.69 Å². The van der Waals surface area contributed by atoms with Crippen LogP contribution >= 0.6 is 0 Å². The third kappa shape index (κ3) is 4.30. The number of alkyl halides is 2. The minimum Gasteiger partial charge on any atom is -0.435 e. The Bertz CT molecular complexity index is 870. The van der Waals surface area contributed by atoms with E-state index in [1.807, 2.05) is 31.2 Å². The molecular formula is C21H22F2N2O3. The lowest BCUT2D eigenvalue weighted by Gasteiger charge is -2.22. The van der Waals surface area contributed by atoms with Crippen molar-refractivity contribution < 1.29 is 23.1 Å². The fourth-order valence-electron chi connectivity index (χ4n) is 3.25. The van der Waals surface area contributed by atoms with Crippen molar-refractivity contribution in [3.8, 4) is 5.75 Å². The monoisotopic (exact) mass is 388 g/mol. The van der Waals surface area contributed by atoms with E-state index >= 15 is 0 Å². The summed E-state index contributed by atoms with van der Waals surface area (Å²) in [4.78, 5) is 26.5. The first-order chi connectivity index (χ1) is 13.3. The number of hydrogen-bond donors (Lipinski definition) is 1. The second-order valence-electron chi connectivity index (χ2n) is 7.10. The zero-order chi connectivity index (χ0) is 20.3. The molecule has 1 aliphatic heterocycles. The first-order valence-electron chi connectivity index (χ1n) is 9.01. The Morgan fingerprint density at radius 2 is 1.79 bits per heavy atom.